The van der Waals surface area contributed by atoms with Crippen molar-refractivity contribution in [2.24, 2.45) is 5.73 Å². The molecule has 0 saturated carbocycles. The molecule has 0 amide bonds. The lowest BCUT2D eigenvalue weighted by Crippen LogP contribution is -1.99. The van der Waals surface area contributed by atoms with Crippen molar-refractivity contribution in [2.75, 3.05) is 6.54 Å². The largest absolute Gasteiger partial charge is 0.354 e. The molecule has 0 radical (unpaired) electrons. The molecule has 3 N–H and O–H groups in total. The number of benzene rings is 2. The molecule has 0 saturated heterocycles. The van der Waals surface area contributed by atoms with E-state index in [-0.39, 0.29) is 5.82 Å². The molecule has 0 bridgehead atoms. The predicted octanol–water partition coefficient (Wildman–Crippen LogP) is 5.22. The van der Waals surface area contributed by atoms with E-state index < -0.39 is 0 Å². The fourth-order valence-electron chi connectivity index (χ4n) is 3.08. The van der Waals surface area contributed by atoms with Gasteiger partial charge in [0, 0.05) is 21.5 Å². The molecule has 0 aliphatic carbocycles. The number of halogens is 2. The van der Waals surface area contributed by atoms with Gasteiger partial charge in [-0.3, -0.25) is 0 Å². The lowest BCUT2D eigenvalue weighted by atomic mass is 9.99. The average molecular weight is 331 g/mol. The smallest absolute Gasteiger partial charge is 0.132 e. The minimum atomic E-state index is -0.220. The number of unbranched alkanes of at least 4 members (excludes halogenated alkanes) is 1. The van der Waals surface area contributed by atoms with Gasteiger partial charge in [0.1, 0.15) is 5.82 Å². The van der Waals surface area contributed by atoms with Crippen LogP contribution in [0.15, 0.2) is 36.4 Å². The highest BCUT2D eigenvalue weighted by molar-refractivity contribution is 6.31. The molecule has 120 valence electrons. The number of aromatic amines is 1. The van der Waals surface area contributed by atoms with E-state index in [9.17, 15) is 4.39 Å². The highest BCUT2D eigenvalue weighted by Crippen LogP contribution is 2.35. The van der Waals surface area contributed by atoms with Crippen molar-refractivity contribution in [3.63, 3.8) is 0 Å². The standard InChI is InChI=1S/C19H20ClFN2/c1-12-10-13(20)11-16-14(6-4-5-9-22)19(23-18(12)16)15-7-2-3-8-17(15)21/h2-3,7-8,10-11,23H,4-6,9,22H2,1H3. The Bertz CT molecular complexity index is 839. The summed E-state index contributed by atoms with van der Waals surface area (Å²) < 4.78 is 14.3. The lowest BCUT2D eigenvalue weighted by molar-refractivity contribution is 0.630. The molecule has 2 nitrogen and oxygen atoms in total. The van der Waals surface area contributed by atoms with Gasteiger partial charge in [-0.2, -0.15) is 0 Å². The van der Waals surface area contributed by atoms with Crippen molar-refractivity contribution in [3.8, 4) is 11.3 Å². The molecule has 0 spiro atoms. The fourth-order valence-corrected chi connectivity index (χ4v) is 3.35. The summed E-state index contributed by atoms with van der Waals surface area (Å²) in [5, 5.41) is 1.78. The molecule has 1 heterocycles. The second kappa shape index (κ2) is 6.73. The molecule has 2 aromatic carbocycles. The summed E-state index contributed by atoms with van der Waals surface area (Å²) in [6.45, 7) is 2.68. The van der Waals surface area contributed by atoms with E-state index in [2.05, 4.69) is 4.98 Å². The molecule has 0 aliphatic heterocycles. The van der Waals surface area contributed by atoms with Crippen LogP contribution in [0.3, 0.4) is 0 Å². The van der Waals surface area contributed by atoms with Crippen LogP contribution in [0.5, 0.6) is 0 Å². The van der Waals surface area contributed by atoms with Crippen LogP contribution in [-0.2, 0) is 6.42 Å². The first-order valence-electron chi connectivity index (χ1n) is 7.87. The fraction of sp³-hybridized carbons (Fsp3) is 0.263. The summed E-state index contributed by atoms with van der Waals surface area (Å²) in [4.78, 5) is 3.41. The number of aryl methyl sites for hydroxylation is 2. The normalized spacial score (nSPS) is 11.3. The van der Waals surface area contributed by atoms with Crippen molar-refractivity contribution in [1.29, 1.82) is 0 Å². The minimum Gasteiger partial charge on any atom is -0.354 e. The number of nitrogens with one attached hydrogen (secondary N) is 1. The van der Waals surface area contributed by atoms with Gasteiger partial charge in [-0.15, -0.1) is 0 Å². The first-order chi connectivity index (χ1) is 11.1. The molecule has 0 aliphatic rings. The SMILES string of the molecule is Cc1cc(Cl)cc2c(CCCCN)c(-c3ccccc3F)[nH]c12. The zero-order valence-corrected chi connectivity index (χ0v) is 13.9. The Balaban J connectivity index is 2.21. The summed E-state index contributed by atoms with van der Waals surface area (Å²) in [5.74, 6) is -0.220. The number of rotatable bonds is 5. The van der Waals surface area contributed by atoms with Crippen LogP contribution >= 0.6 is 11.6 Å². The van der Waals surface area contributed by atoms with Gasteiger partial charge in [-0.1, -0.05) is 23.7 Å². The molecular weight excluding hydrogens is 311 g/mol. The molecule has 0 fully saturated rings. The Morgan fingerprint density at radius 3 is 2.70 bits per heavy atom. The van der Waals surface area contributed by atoms with E-state index in [1.165, 1.54) is 6.07 Å². The molecular formula is C19H20ClFN2. The van der Waals surface area contributed by atoms with Gasteiger partial charge in [-0.05, 0) is 68.1 Å². The number of hydrogen-bond donors (Lipinski definition) is 2. The zero-order chi connectivity index (χ0) is 16.4. The Morgan fingerprint density at radius 1 is 1.17 bits per heavy atom. The van der Waals surface area contributed by atoms with Crippen molar-refractivity contribution >= 4 is 22.5 Å². The molecule has 1 aromatic heterocycles. The Labute approximate surface area is 140 Å². The van der Waals surface area contributed by atoms with E-state index >= 15 is 0 Å². The molecule has 3 rings (SSSR count). The summed E-state index contributed by atoms with van der Waals surface area (Å²) in [6, 6.07) is 10.7. The number of aromatic nitrogens is 1. The predicted molar refractivity (Wildman–Crippen MR) is 95.4 cm³/mol. The topological polar surface area (TPSA) is 41.8 Å². The minimum absolute atomic E-state index is 0.220. The third-order valence-corrected chi connectivity index (χ3v) is 4.42. The van der Waals surface area contributed by atoms with Gasteiger partial charge in [0.2, 0.25) is 0 Å². The number of nitrogens with two attached hydrogens (primary N) is 1. The summed E-state index contributed by atoms with van der Waals surface area (Å²) >= 11 is 6.24. The molecule has 0 unspecified atom stereocenters. The van der Waals surface area contributed by atoms with Crippen molar-refractivity contribution in [1.82, 2.24) is 4.98 Å². The second-order valence-electron chi connectivity index (χ2n) is 5.85. The van der Waals surface area contributed by atoms with Gasteiger partial charge in [0.25, 0.3) is 0 Å². The lowest BCUT2D eigenvalue weighted by Gasteiger charge is -2.06. The maximum absolute atomic E-state index is 14.3. The molecule has 0 atom stereocenters. The summed E-state index contributed by atoms with van der Waals surface area (Å²) in [7, 11) is 0. The van der Waals surface area contributed by atoms with E-state index in [1.54, 1.807) is 6.07 Å². The van der Waals surface area contributed by atoms with Gasteiger partial charge in [0.15, 0.2) is 0 Å². The van der Waals surface area contributed by atoms with Crippen molar-refractivity contribution < 1.29 is 4.39 Å². The van der Waals surface area contributed by atoms with Crippen LogP contribution in [0, 0.1) is 12.7 Å². The number of fused-ring (bicyclic) bond motifs is 1. The van der Waals surface area contributed by atoms with Gasteiger partial charge in [0.05, 0.1) is 5.69 Å². The first kappa shape index (κ1) is 16.0. The van der Waals surface area contributed by atoms with Crippen LogP contribution < -0.4 is 5.73 Å². The Kier molecular flexibility index (Phi) is 4.69. The van der Waals surface area contributed by atoms with E-state index in [1.807, 2.05) is 31.2 Å². The molecule has 23 heavy (non-hydrogen) atoms. The third-order valence-electron chi connectivity index (χ3n) is 4.20. The van der Waals surface area contributed by atoms with Crippen LogP contribution in [0.4, 0.5) is 4.39 Å². The monoisotopic (exact) mass is 330 g/mol. The molecule has 3 aromatic rings. The van der Waals surface area contributed by atoms with E-state index in [0.29, 0.717) is 17.1 Å². The van der Waals surface area contributed by atoms with Crippen LogP contribution in [0.1, 0.15) is 24.0 Å². The van der Waals surface area contributed by atoms with Crippen LogP contribution in [-0.4, -0.2) is 11.5 Å². The highest BCUT2D eigenvalue weighted by atomic mass is 35.5. The highest BCUT2D eigenvalue weighted by Gasteiger charge is 2.17. The maximum atomic E-state index is 14.3. The third kappa shape index (κ3) is 3.12. The van der Waals surface area contributed by atoms with Gasteiger partial charge >= 0.3 is 0 Å². The van der Waals surface area contributed by atoms with E-state index in [4.69, 9.17) is 17.3 Å². The average Bonchev–Trinajstić information content (AvgIpc) is 2.87. The van der Waals surface area contributed by atoms with E-state index in [0.717, 1.165) is 47.0 Å². The van der Waals surface area contributed by atoms with Gasteiger partial charge in [-0.25, -0.2) is 4.39 Å². The van der Waals surface area contributed by atoms with Crippen molar-refractivity contribution in [3.05, 3.63) is 58.4 Å². The van der Waals surface area contributed by atoms with Gasteiger partial charge < -0.3 is 10.7 Å². The zero-order valence-electron chi connectivity index (χ0n) is 13.1. The molecule has 4 heteroatoms. The van der Waals surface area contributed by atoms with Crippen LogP contribution in [0.25, 0.3) is 22.2 Å². The number of H-pyrrole nitrogens is 1. The summed E-state index contributed by atoms with van der Waals surface area (Å²) in [5.41, 5.74) is 10.3. The first-order valence-corrected chi connectivity index (χ1v) is 8.25. The Hall–Kier alpha value is -1.84. The Morgan fingerprint density at radius 2 is 1.96 bits per heavy atom. The van der Waals surface area contributed by atoms with Crippen LogP contribution in [0.2, 0.25) is 5.02 Å². The summed E-state index contributed by atoms with van der Waals surface area (Å²) in [6.07, 6.45) is 2.76. The number of hydrogen-bond acceptors (Lipinski definition) is 1. The quantitative estimate of drug-likeness (QED) is 0.619. The maximum Gasteiger partial charge on any atom is 0.132 e. The van der Waals surface area contributed by atoms with Crippen molar-refractivity contribution in [2.45, 2.75) is 26.2 Å². The second-order valence-corrected chi connectivity index (χ2v) is 6.29.